The molecule has 114 valence electrons. The summed E-state index contributed by atoms with van der Waals surface area (Å²) in [6.07, 6.45) is 0. The van der Waals surface area contributed by atoms with E-state index < -0.39 is 11.2 Å². The summed E-state index contributed by atoms with van der Waals surface area (Å²) in [5.41, 5.74) is 0.638. The van der Waals surface area contributed by atoms with Crippen LogP contribution in [0.2, 0.25) is 0 Å². The molecule has 2 aromatic heterocycles. The first-order valence-electron chi connectivity index (χ1n) is 6.50. The van der Waals surface area contributed by atoms with Gasteiger partial charge in [-0.15, -0.1) is 0 Å². The second-order valence-corrected chi connectivity index (χ2v) is 5.72. The lowest BCUT2D eigenvalue weighted by molar-refractivity contribution is 0.474. The molecule has 1 N–H and O–H groups in total. The molecule has 0 unspecified atom stereocenters. The van der Waals surface area contributed by atoms with Crippen molar-refractivity contribution in [1.82, 2.24) is 18.7 Å². The number of nitrogens with zero attached hydrogens (tertiary/aromatic N) is 4. The largest absolute Gasteiger partial charge is 0.508 e. The van der Waals surface area contributed by atoms with Gasteiger partial charge in [-0.1, -0.05) is 12.1 Å². The van der Waals surface area contributed by atoms with Gasteiger partial charge < -0.3 is 9.67 Å². The number of aromatic nitrogens is 4. The number of hydrogen-bond acceptors (Lipinski definition) is 4. The third-order valence-electron chi connectivity index (χ3n) is 3.55. The molecule has 0 amide bonds. The topological polar surface area (TPSA) is 82.0 Å². The van der Waals surface area contributed by atoms with Crippen molar-refractivity contribution in [2.24, 2.45) is 14.1 Å². The van der Waals surface area contributed by atoms with Crippen LogP contribution in [0.3, 0.4) is 0 Å². The van der Waals surface area contributed by atoms with Crippen LogP contribution in [0.5, 0.6) is 5.75 Å². The maximum Gasteiger partial charge on any atom is 0.332 e. The zero-order valence-electron chi connectivity index (χ0n) is 11.9. The molecular formula is C14H13BrN4O3. The minimum atomic E-state index is -0.424. The Morgan fingerprint density at radius 3 is 2.64 bits per heavy atom. The summed E-state index contributed by atoms with van der Waals surface area (Å²) in [5, 5.41) is 9.56. The summed E-state index contributed by atoms with van der Waals surface area (Å²) in [7, 11) is 3.01. The summed E-state index contributed by atoms with van der Waals surface area (Å²) in [5.74, 6) is 0.151. The van der Waals surface area contributed by atoms with Gasteiger partial charge >= 0.3 is 5.69 Å². The summed E-state index contributed by atoms with van der Waals surface area (Å²) >= 11 is 3.33. The lowest BCUT2D eigenvalue weighted by Gasteiger charge is -2.08. The van der Waals surface area contributed by atoms with E-state index in [-0.39, 0.29) is 5.75 Å². The second kappa shape index (κ2) is 5.13. The van der Waals surface area contributed by atoms with E-state index in [9.17, 15) is 14.7 Å². The SMILES string of the molecule is Cn1c(=O)c2c(nc(Br)n2Cc2cccc(O)c2)n(C)c1=O. The zero-order chi connectivity index (χ0) is 16.0. The van der Waals surface area contributed by atoms with Gasteiger partial charge in [-0.2, -0.15) is 0 Å². The number of aryl methyl sites for hydroxylation is 1. The number of fused-ring (bicyclic) bond motifs is 1. The molecule has 0 radical (unpaired) electrons. The predicted molar refractivity (Wildman–Crippen MR) is 85.1 cm³/mol. The molecule has 0 saturated heterocycles. The van der Waals surface area contributed by atoms with Crippen LogP contribution in [0.25, 0.3) is 11.2 Å². The first-order chi connectivity index (χ1) is 10.4. The number of imidazole rings is 1. The van der Waals surface area contributed by atoms with Gasteiger partial charge in [0, 0.05) is 14.1 Å². The van der Waals surface area contributed by atoms with E-state index >= 15 is 0 Å². The molecular weight excluding hydrogens is 352 g/mol. The number of phenols is 1. The molecule has 0 bridgehead atoms. The van der Waals surface area contributed by atoms with Crippen LogP contribution in [0.15, 0.2) is 38.6 Å². The number of hydrogen-bond donors (Lipinski definition) is 1. The van der Waals surface area contributed by atoms with Gasteiger partial charge in [0.15, 0.2) is 15.9 Å². The van der Waals surface area contributed by atoms with Crippen LogP contribution in [0, 0.1) is 0 Å². The van der Waals surface area contributed by atoms with Crippen molar-refractivity contribution in [3.63, 3.8) is 0 Å². The summed E-state index contributed by atoms with van der Waals surface area (Å²) < 4.78 is 4.51. The highest BCUT2D eigenvalue weighted by molar-refractivity contribution is 9.10. The van der Waals surface area contributed by atoms with Gasteiger partial charge in [0.25, 0.3) is 5.56 Å². The Kier molecular flexibility index (Phi) is 3.40. The Bertz CT molecular complexity index is 1000. The lowest BCUT2D eigenvalue weighted by atomic mass is 10.2. The molecule has 2 heterocycles. The molecule has 3 aromatic rings. The Labute approximate surface area is 133 Å². The average molecular weight is 365 g/mol. The van der Waals surface area contributed by atoms with Crippen LogP contribution in [0.4, 0.5) is 0 Å². The van der Waals surface area contributed by atoms with Gasteiger partial charge in [0.2, 0.25) is 0 Å². The van der Waals surface area contributed by atoms with Crippen LogP contribution < -0.4 is 11.2 Å². The molecule has 7 nitrogen and oxygen atoms in total. The highest BCUT2D eigenvalue weighted by Crippen LogP contribution is 2.19. The average Bonchev–Trinajstić information content (AvgIpc) is 2.80. The number of rotatable bonds is 2. The van der Waals surface area contributed by atoms with Crippen molar-refractivity contribution in [2.75, 3.05) is 0 Å². The molecule has 22 heavy (non-hydrogen) atoms. The highest BCUT2D eigenvalue weighted by atomic mass is 79.9. The van der Waals surface area contributed by atoms with Crippen LogP contribution in [-0.4, -0.2) is 23.8 Å². The molecule has 1 aromatic carbocycles. The zero-order valence-corrected chi connectivity index (χ0v) is 13.5. The Morgan fingerprint density at radius 2 is 1.95 bits per heavy atom. The molecule has 3 rings (SSSR count). The monoisotopic (exact) mass is 364 g/mol. The van der Waals surface area contributed by atoms with E-state index in [4.69, 9.17) is 0 Å². The van der Waals surface area contributed by atoms with E-state index in [1.54, 1.807) is 29.8 Å². The van der Waals surface area contributed by atoms with Crippen molar-refractivity contribution >= 4 is 27.1 Å². The second-order valence-electron chi connectivity index (χ2n) is 5.01. The molecule has 0 aliphatic rings. The normalized spacial score (nSPS) is 11.2. The minimum Gasteiger partial charge on any atom is -0.508 e. The third kappa shape index (κ3) is 2.16. The maximum absolute atomic E-state index is 12.4. The van der Waals surface area contributed by atoms with Gasteiger partial charge in [-0.05, 0) is 33.6 Å². The molecule has 0 aliphatic heterocycles. The lowest BCUT2D eigenvalue weighted by Crippen LogP contribution is -2.37. The van der Waals surface area contributed by atoms with Crippen LogP contribution in [0.1, 0.15) is 5.56 Å². The van der Waals surface area contributed by atoms with Gasteiger partial charge in [0.1, 0.15) is 5.75 Å². The summed E-state index contributed by atoms with van der Waals surface area (Å²) in [4.78, 5) is 28.6. The fourth-order valence-electron chi connectivity index (χ4n) is 2.40. The maximum atomic E-state index is 12.4. The molecule has 0 aliphatic carbocycles. The number of halogens is 1. The van der Waals surface area contributed by atoms with Crippen molar-refractivity contribution < 1.29 is 5.11 Å². The van der Waals surface area contributed by atoms with E-state index in [1.807, 2.05) is 6.07 Å². The van der Waals surface area contributed by atoms with Gasteiger partial charge in [-0.25, -0.2) is 9.78 Å². The molecule has 0 spiro atoms. The van der Waals surface area contributed by atoms with Crippen molar-refractivity contribution in [2.45, 2.75) is 6.54 Å². The molecule has 0 atom stereocenters. The quantitative estimate of drug-likeness (QED) is 0.686. The number of aromatic hydroxyl groups is 1. The standard InChI is InChI=1S/C14H13BrN4O3/c1-17-11-10(12(21)18(2)14(17)22)19(13(15)16-11)7-8-4-3-5-9(20)6-8/h3-6,20H,7H2,1-2H3. The fraction of sp³-hybridized carbons (Fsp3) is 0.214. The van der Waals surface area contributed by atoms with Crippen molar-refractivity contribution in [3.8, 4) is 5.75 Å². The molecule has 0 fully saturated rings. The van der Waals surface area contributed by atoms with Crippen molar-refractivity contribution in [3.05, 3.63) is 55.4 Å². The first kappa shape index (κ1) is 14.6. The molecule has 0 saturated carbocycles. The van der Waals surface area contributed by atoms with E-state index in [1.165, 1.54) is 11.6 Å². The smallest absolute Gasteiger partial charge is 0.332 e. The minimum absolute atomic E-state index is 0.151. The summed E-state index contributed by atoms with van der Waals surface area (Å²) in [6, 6.07) is 6.76. The third-order valence-corrected chi connectivity index (χ3v) is 4.16. The van der Waals surface area contributed by atoms with Crippen LogP contribution in [-0.2, 0) is 20.6 Å². The van der Waals surface area contributed by atoms with E-state index in [2.05, 4.69) is 20.9 Å². The van der Waals surface area contributed by atoms with Gasteiger partial charge in [-0.3, -0.25) is 13.9 Å². The van der Waals surface area contributed by atoms with Gasteiger partial charge in [0.05, 0.1) is 6.54 Å². The summed E-state index contributed by atoms with van der Waals surface area (Å²) in [6.45, 7) is 0.346. The first-order valence-corrected chi connectivity index (χ1v) is 7.29. The number of phenolic OH excluding ortho intramolecular Hbond substituents is 1. The number of benzene rings is 1. The van der Waals surface area contributed by atoms with E-state index in [0.29, 0.717) is 22.4 Å². The molecule has 8 heteroatoms. The predicted octanol–water partition coefficient (Wildman–Crippen LogP) is 0.950. The Balaban J connectivity index is 2.29. The van der Waals surface area contributed by atoms with Crippen LogP contribution >= 0.6 is 15.9 Å². The van der Waals surface area contributed by atoms with E-state index in [0.717, 1.165) is 10.1 Å². The Hall–Kier alpha value is -2.35. The fourth-order valence-corrected chi connectivity index (χ4v) is 2.87. The Morgan fingerprint density at radius 1 is 1.23 bits per heavy atom. The highest BCUT2D eigenvalue weighted by Gasteiger charge is 2.17. The van der Waals surface area contributed by atoms with Crippen molar-refractivity contribution in [1.29, 1.82) is 0 Å².